The number of nitrogens with zero attached hydrogens (tertiary/aromatic N) is 5. The van der Waals surface area contributed by atoms with Gasteiger partial charge in [-0.3, -0.25) is 0 Å². The quantitative estimate of drug-likeness (QED) is 0.629. The Morgan fingerprint density at radius 2 is 2.10 bits per heavy atom. The third-order valence-electron chi connectivity index (χ3n) is 5.09. The maximum atomic E-state index is 13.4. The van der Waals surface area contributed by atoms with Gasteiger partial charge in [-0.1, -0.05) is 17.7 Å². The average Bonchev–Trinajstić information content (AvgIpc) is 2.79. The van der Waals surface area contributed by atoms with Crippen molar-refractivity contribution >= 4 is 17.6 Å². The van der Waals surface area contributed by atoms with Crippen LogP contribution < -0.4 is 5.32 Å². The van der Waals surface area contributed by atoms with E-state index in [1.165, 1.54) is 24.5 Å². The monoisotopic (exact) mass is 442 g/mol. The van der Waals surface area contributed by atoms with Crippen molar-refractivity contribution < 1.29 is 14.3 Å². The van der Waals surface area contributed by atoms with Crippen LogP contribution in [-0.2, 0) is 19.4 Å². The average molecular weight is 443 g/mol. The molecular weight excluding hydrogens is 423 g/mol. The summed E-state index contributed by atoms with van der Waals surface area (Å²) in [4.78, 5) is 31.5. The van der Waals surface area contributed by atoms with Crippen molar-refractivity contribution in [1.29, 1.82) is 0 Å². The molecule has 0 unspecified atom stereocenters. The van der Waals surface area contributed by atoms with E-state index in [1.807, 2.05) is 0 Å². The predicted molar refractivity (Wildman–Crippen MR) is 111 cm³/mol. The number of aromatic nitrogens is 4. The molecule has 0 saturated carbocycles. The van der Waals surface area contributed by atoms with Gasteiger partial charge in [0.1, 0.15) is 18.0 Å². The van der Waals surface area contributed by atoms with E-state index < -0.39 is 11.9 Å². The minimum absolute atomic E-state index is 0.0647. The van der Waals surface area contributed by atoms with Crippen LogP contribution in [0.1, 0.15) is 34.3 Å². The van der Waals surface area contributed by atoms with Crippen LogP contribution >= 0.6 is 11.6 Å². The molecule has 1 atom stereocenters. The number of carbonyl (C=O) groups excluding carboxylic acids is 1. The molecule has 0 radical (unpaired) electrons. The van der Waals surface area contributed by atoms with E-state index in [0.29, 0.717) is 37.3 Å². The number of aliphatic hydroxyl groups is 1. The van der Waals surface area contributed by atoms with Gasteiger partial charge in [0.05, 0.1) is 29.9 Å². The summed E-state index contributed by atoms with van der Waals surface area (Å²) in [6, 6.07) is 3.05. The lowest BCUT2D eigenvalue weighted by molar-refractivity contribution is 0.176. The smallest absolute Gasteiger partial charge is 0.318 e. The fraction of sp³-hybridized carbons (Fsp3) is 0.286. The molecule has 2 aromatic heterocycles. The Hall–Kier alpha value is -3.17. The number of amides is 2. The van der Waals surface area contributed by atoms with Crippen molar-refractivity contribution in [2.45, 2.75) is 25.4 Å². The predicted octanol–water partition coefficient (Wildman–Crippen LogP) is 2.45. The second kappa shape index (κ2) is 9.32. The number of fused-ring (bicyclic) bond motifs is 1. The minimum atomic E-state index is -0.703. The highest BCUT2D eigenvalue weighted by atomic mass is 35.5. The fourth-order valence-corrected chi connectivity index (χ4v) is 3.60. The molecule has 4 rings (SSSR count). The fourth-order valence-electron chi connectivity index (χ4n) is 3.41. The summed E-state index contributed by atoms with van der Waals surface area (Å²) in [7, 11) is 0. The van der Waals surface area contributed by atoms with Crippen molar-refractivity contribution in [3.63, 3.8) is 0 Å². The van der Waals surface area contributed by atoms with Crippen molar-refractivity contribution in [1.82, 2.24) is 30.2 Å². The maximum Gasteiger partial charge on any atom is 0.318 e. The first-order valence-electron chi connectivity index (χ1n) is 9.72. The third kappa shape index (κ3) is 4.95. The van der Waals surface area contributed by atoms with Gasteiger partial charge in [0.25, 0.3) is 0 Å². The minimum Gasteiger partial charge on any atom is -0.394 e. The van der Waals surface area contributed by atoms with Gasteiger partial charge < -0.3 is 15.3 Å². The second-order valence-electron chi connectivity index (χ2n) is 7.21. The van der Waals surface area contributed by atoms with Gasteiger partial charge in [0.2, 0.25) is 0 Å². The SMILES string of the molecule is O=C(N[C@H](CO)c1ccc(F)c(Cl)c1)N1CCc2cnc(Cc3cncnc3)nc2C1. The standard InChI is InChI=1S/C21H20ClFN6O2/c22-16-6-14(1-2-17(16)23)19(11-30)28-21(31)29-4-3-15-9-26-20(27-18(15)10-29)5-13-7-24-12-25-8-13/h1-2,6-9,12,19,30H,3-5,10-11H2,(H,28,31)/t19-/m1/s1. The number of carbonyl (C=O) groups is 1. The van der Waals surface area contributed by atoms with Crippen LogP contribution in [0.4, 0.5) is 9.18 Å². The number of halogens is 2. The van der Waals surface area contributed by atoms with Crippen molar-refractivity contribution in [3.05, 3.63) is 82.2 Å². The Balaban J connectivity index is 1.45. The molecule has 1 aliphatic rings. The van der Waals surface area contributed by atoms with Gasteiger partial charge >= 0.3 is 6.03 Å². The van der Waals surface area contributed by atoms with Gasteiger partial charge in [-0.2, -0.15) is 0 Å². The van der Waals surface area contributed by atoms with E-state index >= 15 is 0 Å². The number of rotatable bonds is 5. The zero-order chi connectivity index (χ0) is 21.8. The van der Waals surface area contributed by atoms with Gasteiger partial charge in [0.15, 0.2) is 0 Å². The Morgan fingerprint density at radius 3 is 2.84 bits per heavy atom. The molecule has 2 amide bonds. The van der Waals surface area contributed by atoms with Gasteiger partial charge in [0, 0.05) is 31.6 Å². The van der Waals surface area contributed by atoms with E-state index in [0.717, 1.165) is 16.8 Å². The molecule has 31 heavy (non-hydrogen) atoms. The van der Waals surface area contributed by atoms with Crippen LogP contribution in [0.3, 0.4) is 0 Å². The molecule has 1 aromatic carbocycles. The molecule has 0 saturated heterocycles. The van der Waals surface area contributed by atoms with Crippen LogP contribution in [0.15, 0.2) is 43.1 Å². The van der Waals surface area contributed by atoms with Crippen molar-refractivity contribution in [2.75, 3.05) is 13.2 Å². The molecule has 2 N–H and O–H groups in total. The van der Waals surface area contributed by atoms with E-state index in [-0.39, 0.29) is 17.7 Å². The van der Waals surface area contributed by atoms with Crippen molar-refractivity contribution in [2.24, 2.45) is 0 Å². The molecular formula is C21H20ClFN6O2. The Kier molecular flexibility index (Phi) is 6.34. The van der Waals surface area contributed by atoms with Crippen LogP contribution in [0, 0.1) is 5.82 Å². The number of urea groups is 1. The number of nitrogens with one attached hydrogen (secondary N) is 1. The van der Waals surface area contributed by atoms with Crippen LogP contribution in [0.2, 0.25) is 5.02 Å². The first-order valence-corrected chi connectivity index (χ1v) is 10.1. The first kappa shape index (κ1) is 21.1. The first-order chi connectivity index (χ1) is 15.0. The highest BCUT2D eigenvalue weighted by Crippen LogP contribution is 2.22. The molecule has 160 valence electrons. The molecule has 1 aliphatic heterocycles. The van der Waals surface area contributed by atoms with E-state index in [2.05, 4.69) is 25.3 Å². The number of aliphatic hydroxyl groups excluding tert-OH is 1. The number of hydrogen-bond donors (Lipinski definition) is 2. The molecule has 8 nitrogen and oxygen atoms in total. The highest BCUT2D eigenvalue weighted by Gasteiger charge is 2.25. The number of benzene rings is 1. The van der Waals surface area contributed by atoms with Crippen LogP contribution in [0.25, 0.3) is 0 Å². The molecule has 0 spiro atoms. The van der Waals surface area contributed by atoms with Crippen molar-refractivity contribution in [3.8, 4) is 0 Å². The zero-order valence-corrected chi connectivity index (χ0v) is 17.3. The lowest BCUT2D eigenvalue weighted by Gasteiger charge is -2.30. The summed E-state index contributed by atoms with van der Waals surface area (Å²) in [6.45, 7) is 0.476. The third-order valence-corrected chi connectivity index (χ3v) is 5.38. The summed E-state index contributed by atoms with van der Waals surface area (Å²) in [6.07, 6.45) is 7.82. The number of hydrogen-bond acceptors (Lipinski definition) is 6. The summed E-state index contributed by atoms with van der Waals surface area (Å²) < 4.78 is 13.4. The molecule has 10 heteroatoms. The van der Waals surface area contributed by atoms with Gasteiger partial charge in [-0.05, 0) is 35.2 Å². The normalized spacial score (nSPS) is 14.1. The molecule has 3 aromatic rings. The Morgan fingerprint density at radius 1 is 1.29 bits per heavy atom. The van der Waals surface area contributed by atoms with Crippen LogP contribution in [0.5, 0.6) is 0 Å². The highest BCUT2D eigenvalue weighted by molar-refractivity contribution is 6.30. The summed E-state index contributed by atoms with van der Waals surface area (Å²) >= 11 is 5.83. The lowest BCUT2D eigenvalue weighted by atomic mass is 10.1. The Labute approximate surface area is 183 Å². The van der Waals surface area contributed by atoms with Gasteiger partial charge in [-0.25, -0.2) is 29.1 Å². The zero-order valence-electron chi connectivity index (χ0n) is 16.5. The molecule has 0 bridgehead atoms. The Bertz CT molecular complexity index is 1080. The molecule has 0 fully saturated rings. The topological polar surface area (TPSA) is 104 Å². The van der Waals surface area contributed by atoms with E-state index in [1.54, 1.807) is 23.5 Å². The molecule has 0 aliphatic carbocycles. The maximum absolute atomic E-state index is 13.4. The lowest BCUT2D eigenvalue weighted by Crippen LogP contribution is -2.45. The van der Waals surface area contributed by atoms with E-state index in [9.17, 15) is 14.3 Å². The van der Waals surface area contributed by atoms with Crippen LogP contribution in [-0.4, -0.2) is 49.1 Å². The van der Waals surface area contributed by atoms with E-state index in [4.69, 9.17) is 11.6 Å². The summed E-state index contributed by atoms with van der Waals surface area (Å²) in [5, 5.41) is 12.4. The summed E-state index contributed by atoms with van der Waals surface area (Å²) in [5.41, 5.74) is 3.21. The van der Waals surface area contributed by atoms with Gasteiger partial charge in [-0.15, -0.1) is 0 Å². The largest absolute Gasteiger partial charge is 0.394 e. The summed E-state index contributed by atoms with van der Waals surface area (Å²) in [5.74, 6) is 0.0728. The second-order valence-corrected chi connectivity index (χ2v) is 7.62. The molecule has 3 heterocycles.